The van der Waals surface area contributed by atoms with Gasteiger partial charge in [0.2, 0.25) is 0 Å². The van der Waals surface area contributed by atoms with Gasteiger partial charge in [-0.05, 0) is 54.4 Å². The van der Waals surface area contributed by atoms with Gasteiger partial charge in [0.1, 0.15) is 36.1 Å². The van der Waals surface area contributed by atoms with E-state index in [1.165, 1.54) is 17.2 Å². The highest BCUT2D eigenvalue weighted by atomic mass is 16.6. The topological polar surface area (TPSA) is 191 Å². The molecule has 1 saturated heterocycles. The predicted octanol–water partition coefficient (Wildman–Crippen LogP) is 2.96. The number of aliphatic hydroxyl groups excluding tert-OH is 2. The van der Waals surface area contributed by atoms with Gasteiger partial charge in [0, 0.05) is 38.9 Å². The Morgan fingerprint density at radius 1 is 1.00 bits per heavy atom. The lowest BCUT2D eigenvalue weighted by molar-refractivity contribution is -0.0337. The van der Waals surface area contributed by atoms with E-state index in [0.29, 0.717) is 59.7 Å². The normalized spacial score (nSPS) is 18.9. The second kappa shape index (κ2) is 14.5. The number of amides is 1. The third kappa shape index (κ3) is 6.79. The molecule has 0 radical (unpaired) electrons. The maximum absolute atomic E-state index is 13.0. The van der Waals surface area contributed by atoms with Crippen LogP contribution in [0.15, 0.2) is 90.2 Å². The molecule has 0 saturated carbocycles. The molecule has 6 aromatic rings. The fraction of sp³-hybridized carbons (Fsp3) is 0.286. The van der Waals surface area contributed by atoms with E-state index in [9.17, 15) is 19.8 Å². The van der Waals surface area contributed by atoms with Gasteiger partial charge in [-0.3, -0.25) is 13.9 Å². The summed E-state index contributed by atoms with van der Waals surface area (Å²) in [5.41, 5.74) is 3.11. The largest absolute Gasteiger partial charge is 0.457 e. The SMILES string of the molecule is COCCCn1c(=O)[nH]c2cc(C(=O)NC[C@H]3O[C@@H](n4cnc5c(NCc6ccc(Oc7ccccc7)cc6)ncnc54)[C@H](O)[C@@H]3O)ccc21. The summed E-state index contributed by atoms with van der Waals surface area (Å²) in [6, 6.07) is 22.2. The minimum absolute atomic E-state index is 0.0796. The Kier molecular flexibility index (Phi) is 9.53. The molecule has 258 valence electrons. The van der Waals surface area contributed by atoms with Gasteiger partial charge in [-0.15, -0.1) is 0 Å². The zero-order valence-electron chi connectivity index (χ0n) is 27.1. The minimum atomic E-state index is -1.32. The number of anilines is 1. The number of hydrogen-bond acceptors (Lipinski definition) is 11. The Labute approximate surface area is 285 Å². The van der Waals surface area contributed by atoms with Gasteiger partial charge >= 0.3 is 5.69 Å². The second-order valence-electron chi connectivity index (χ2n) is 11.9. The molecule has 1 amide bonds. The van der Waals surface area contributed by atoms with Crippen molar-refractivity contribution in [3.05, 3.63) is 107 Å². The van der Waals surface area contributed by atoms with Crippen molar-refractivity contribution in [2.75, 3.05) is 25.6 Å². The molecule has 50 heavy (non-hydrogen) atoms. The molecule has 4 heterocycles. The van der Waals surface area contributed by atoms with Crippen molar-refractivity contribution in [2.24, 2.45) is 0 Å². The van der Waals surface area contributed by atoms with Gasteiger partial charge in [-0.1, -0.05) is 30.3 Å². The monoisotopic (exact) mass is 680 g/mol. The number of fused-ring (bicyclic) bond motifs is 2. The summed E-state index contributed by atoms with van der Waals surface area (Å²) in [5, 5.41) is 27.8. The molecule has 0 unspecified atom stereocenters. The van der Waals surface area contributed by atoms with Crippen LogP contribution in [-0.4, -0.2) is 83.8 Å². The van der Waals surface area contributed by atoms with Crippen LogP contribution in [-0.2, 0) is 22.6 Å². The van der Waals surface area contributed by atoms with Crippen LogP contribution in [0.5, 0.6) is 11.5 Å². The number of carbonyl (C=O) groups is 1. The summed E-state index contributed by atoms with van der Waals surface area (Å²) >= 11 is 0. The summed E-state index contributed by atoms with van der Waals surface area (Å²) < 4.78 is 20.1. The van der Waals surface area contributed by atoms with Gasteiger partial charge in [-0.25, -0.2) is 19.7 Å². The van der Waals surface area contributed by atoms with E-state index < -0.39 is 30.4 Å². The van der Waals surface area contributed by atoms with Gasteiger partial charge in [0.25, 0.3) is 5.91 Å². The van der Waals surface area contributed by atoms with E-state index in [2.05, 4.69) is 30.6 Å². The van der Waals surface area contributed by atoms with Crippen molar-refractivity contribution in [3.63, 3.8) is 0 Å². The Morgan fingerprint density at radius 2 is 1.80 bits per heavy atom. The van der Waals surface area contributed by atoms with E-state index in [0.717, 1.165) is 17.1 Å². The summed E-state index contributed by atoms with van der Waals surface area (Å²) in [5.74, 6) is 1.53. The highest BCUT2D eigenvalue weighted by Crippen LogP contribution is 2.32. The third-order valence-electron chi connectivity index (χ3n) is 8.56. The van der Waals surface area contributed by atoms with E-state index in [4.69, 9.17) is 14.2 Å². The molecule has 0 bridgehead atoms. The summed E-state index contributed by atoms with van der Waals surface area (Å²) in [4.78, 5) is 41.4. The number of ether oxygens (including phenoxy) is 3. The highest BCUT2D eigenvalue weighted by molar-refractivity contribution is 5.97. The first-order valence-electron chi connectivity index (χ1n) is 16.1. The molecular weight excluding hydrogens is 644 g/mol. The quantitative estimate of drug-likeness (QED) is 0.113. The van der Waals surface area contributed by atoms with E-state index in [1.54, 1.807) is 29.9 Å². The molecule has 1 aliphatic rings. The second-order valence-corrected chi connectivity index (χ2v) is 11.9. The van der Waals surface area contributed by atoms with Crippen LogP contribution < -0.4 is 21.1 Å². The molecule has 5 N–H and O–H groups in total. The lowest BCUT2D eigenvalue weighted by Crippen LogP contribution is -2.39. The van der Waals surface area contributed by atoms with Crippen molar-refractivity contribution in [1.29, 1.82) is 0 Å². The number of methoxy groups -OCH3 is 1. The van der Waals surface area contributed by atoms with Crippen LogP contribution >= 0.6 is 0 Å². The zero-order chi connectivity index (χ0) is 34.6. The Balaban J connectivity index is 0.979. The van der Waals surface area contributed by atoms with Crippen molar-refractivity contribution >= 4 is 33.9 Å². The number of imidazole rings is 2. The molecule has 4 atom stereocenters. The molecule has 3 aromatic heterocycles. The van der Waals surface area contributed by atoms with Crippen LogP contribution in [0, 0.1) is 0 Å². The molecule has 15 heteroatoms. The number of aryl methyl sites for hydroxylation is 1. The number of nitrogens with one attached hydrogen (secondary N) is 3. The number of aliphatic hydroxyl groups is 2. The molecule has 1 fully saturated rings. The maximum Gasteiger partial charge on any atom is 0.326 e. The van der Waals surface area contributed by atoms with E-state index in [-0.39, 0.29) is 12.2 Å². The molecule has 7 rings (SSSR count). The molecule has 15 nitrogen and oxygen atoms in total. The average molecular weight is 681 g/mol. The number of aromatic nitrogens is 6. The highest BCUT2D eigenvalue weighted by Gasteiger charge is 2.44. The molecular formula is C35H36N8O7. The number of nitrogens with zero attached hydrogens (tertiary/aromatic N) is 5. The number of para-hydroxylation sites is 1. The van der Waals surface area contributed by atoms with Crippen LogP contribution in [0.2, 0.25) is 0 Å². The maximum atomic E-state index is 13.0. The number of H-pyrrole nitrogens is 1. The van der Waals surface area contributed by atoms with Crippen molar-refractivity contribution in [1.82, 2.24) is 34.4 Å². The smallest absolute Gasteiger partial charge is 0.326 e. The lowest BCUT2D eigenvalue weighted by atomic mass is 10.1. The lowest BCUT2D eigenvalue weighted by Gasteiger charge is -2.16. The fourth-order valence-corrected chi connectivity index (χ4v) is 5.97. The minimum Gasteiger partial charge on any atom is -0.457 e. The third-order valence-corrected chi connectivity index (χ3v) is 8.56. The van der Waals surface area contributed by atoms with Crippen molar-refractivity contribution in [2.45, 2.75) is 44.1 Å². The van der Waals surface area contributed by atoms with Gasteiger partial charge in [0.05, 0.1) is 17.4 Å². The zero-order valence-corrected chi connectivity index (χ0v) is 27.1. The Hall–Kier alpha value is -5.61. The van der Waals surface area contributed by atoms with Crippen LogP contribution in [0.4, 0.5) is 5.82 Å². The summed E-state index contributed by atoms with van der Waals surface area (Å²) in [6.45, 7) is 1.38. The number of rotatable bonds is 13. The average Bonchev–Trinajstić information content (AvgIpc) is 3.79. The number of carbonyl (C=O) groups excluding carboxylic acids is 1. The number of benzene rings is 3. The summed E-state index contributed by atoms with van der Waals surface area (Å²) in [6.07, 6.45) is -1.04. The van der Waals surface area contributed by atoms with Crippen LogP contribution in [0.25, 0.3) is 22.2 Å². The number of hydrogen-bond donors (Lipinski definition) is 5. The van der Waals surface area contributed by atoms with Gasteiger partial charge in [0.15, 0.2) is 23.2 Å². The molecule has 0 aliphatic carbocycles. The van der Waals surface area contributed by atoms with Crippen LogP contribution in [0.3, 0.4) is 0 Å². The van der Waals surface area contributed by atoms with Gasteiger partial charge in [-0.2, -0.15) is 0 Å². The van der Waals surface area contributed by atoms with Crippen molar-refractivity contribution < 1.29 is 29.2 Å². The summed E-state index contributed by atoms with van der Waals surface area (Å²) in [7, 11) is 1.61. The fourth-order valence-electron chi connectivity index (χ4n) is 5.97. The number of aromatic amines is 1. The predicted molar refractivity (Wildman–Crippen MR) is 183 cm³/mol. The molecule has 1 aliphatic heterocycles. The Morgan fingerprint density at radius 3 is 2.60 bits per heavy atom. The van der Waals surface area contributed by atoms with Crippen molar-refractivity contribution in [3.8, 4) is 11.5 Å². The van der Waals surface area contributed by atoms with Crippen LogP contribution in [0.1, 0.15) is 28.6 Å². The van der Waals surface area contributed by atoms with Gasteiger partial charge < -0.3 is 40.0 Å². The van der Waals surface area contributed by atoms with E-state index in [1.807, 2.05) is 54.6 Å². The standard InChI is InChI=1S/C35H36N8O7/c1-48-15-5-14-42-26-13-10-22(16-25(26)41-35(42)47)33(46)37-18-27-29(44)30(45)34(50-27)43-20-40-28-31(38-19-39-32(28)43)36-17-21-8-11-24(12-9-21)49-23-6-3-2-4-7-23/h2-4,6-13,16,19-20,27,29-30,34,44-45H,5,14-15,17-18H2,1H3,(H,37,46)(H,41,47)(H,36,38,39)/t27-,29-,30-,34-/m1/s1. The molecule has 3 aromatic carbocycles. The first kappa shape index (κ1) is 32.9. The molecule has 0 spiro atoms. The first-order chi connectivity index (χ1) is 24.4. The Bertz CT molecular complexity index is 2150. The first-order valence-corrected chi connectivity index (χ1v) is 16.1. The van der Waals surface area contributed by atoms with E-state index >= 15 is 0 Å².